The standard InChI is InChI=1S/C32H25F2N5O2S/c33-23-12-14-26(15-13-23)39-32-29(30(37-39)21-7-2-1-3-8-21)31(22-9-6-10-24(34)17-22)42-20-28(41)38(32)19-27(40)36-18-25-11-4-5-16-35-25/h1-17,31H,18-20H2,(H,36,40)/t31-/m0/s1. The van der Waals surface area contributed by atoms with Crippen LogP contribution in [-0.4, -0.2) is 38.9 Å². The van der Waals surface area contributed by atoms with Crippen molar-refractivity contribution in [2.24, 2.45) is 0 Å². The van der Waals surface area contributed by atoms with Crippen LogP contribution in [0.5, 0.6) is 0 Å². The van der Waals surface area contributed by atoms with Crippen molar-refractivity contribution in [1.29, 1.82) is 0 Å². The van der Waals surface area contributed by atoms with Crippen molar-refractivity contribution in [3.05, 3.63) is 132 Å². The first-order valence-corrected chi connectivity index (χ1v) is 14.3. The molecule has 10 heteroatoms. The fourth-order valence-corrected chi connectivity index (χ4v) is 6.10. The molecule has 7 nitrogen and oxygen atoms in total. The first-order valence-electron chi connectivity index (χ1n) is 13.3. The number of carbonyl (C=O) groups excluding carboxylic acids is 2. The first-order chi connectivity index (χ1) is 20.5. The smallest absolute Gasteiger partial charge is 0.240 e. The van der Waals surface area contributed by atoms with Crippen LogP contribution < -0.4 is 10.2 Å². The summed E-state index contributed by atoms with van der Waals surface area (Å²) in [4.78, 5) is 32.7. The van der Waals surface area contributed by atoms with Crippen LogP contribution in [0.4, 0.5) is 14.6 Å². The molecule has 0 spiro atoms. The second kappa shape index (κ2) is 12.0. The molecular weight excluding hydrogens is 556 g/mol. The van der Waals surface area contributed by atoms with Gasteiger partial charge in [0.25, 0.3) is 0 Å². The van der Waals surface area contributed by atoms with Gasteiger partial charge >= 0.3 is 0 Å². The van der Waals surface area contributed by atoms with E-state index in [1.165, 1.54) is 40.9 Å². The molecule has 1 N–H and O–H groups in total. The van der Waals surface area contributed by atoms with Crippen molar-refractivity contribution in [1.82, 2.24) is 20.1 Å². The lowest BCUT2D eigenvalue weighted by Gasteiger charge is -2.23. The van der Waals surface area contributed by atoms with Crippen LogP contribution in [-0.2, 0) is 16.1 Å². The van der Waals surface area contributed by atoms with Crippen LogP contribution in [0.3, 0.4) is 0 Å². The third-order valence-electron chi connectivity index (χ3n) is 6.85. The summed E-state index contributed by atoms with van der Waals surface area (Å²) in [5, 5.41) is 7.30. The second-order valence-electron chi connectivity index (χ2n) is 9.66. The highest BCUT2D eigenvalue weighted by molar-refractivity contribution is 8.00. The molecule has 0 bridgehead atoms. The maximum Gasteiger partial charge on any atom is 0.240 e. The lowest BCUT2D eigenvalue weighted by molar-refractivity contribution is -0.123. The first kappa shape index (κ1) is 27.3. The maximum absolute atomic E-state index is 14.5. The average Bonchev–Trinajstić information content (AvgIpc) is 3.33. The summed E-state index contributed by atoms with van der Waals surface area (Å²) in [5.74, 6) is -1.10. The Morgan fingerprint density at radius 2 is 1.71 bits per heavy atom. The largest absolute Gasteiger partial charge is 0.349 e. The van der Waals surface area contributed by atoms with Gasteiger partial charge in [-0.1, -0.05) is 48.5 Å². The van der Waals surface area contributed by atoms with Gasteiger partial charge in [0, 0.05) is 17.3 Å². The van der Waals surface area contributed by atoms with Gasteiger partial charge in [0.05, 0.1) is 34.6 Å². The molecule has 0 radical (unpaired) electrons. The number of thioether (sulfide) groups is 1. The third kappa shape index (κ3) is 5.66. The van der Waals surface area contributed by atoms with Gasteiger partial charge in [-0.3, -0.25) is 19.5 Å². The number of anilines is 1. The van der Waals surface area contributed by atoms with E-state index in [0.29, 0.717) is 34.0 Å². The second-order valence-corrected chi connectivity index (χ2v) is 10.8. The Hall–Kier alpha value is -4.83. The van der Waals surface area contributed by atoms with Crippen LogP contribution in [0, 0.1) is 11.6 Å². The maximum atomic E-state index is 14.5. The Morgan fingerprint density at radius 1 is 0.929 bits per heavy atom. The van der Waals surface area contributed by atoms with Crippen LogP contribution in [0.25, 0.3) is 16.9 Å². The minimum atomic E-state index is -0.481. The highest BCUT2D eigenvalue weighted by Gasteiger charge is 2.37. The molecule has 210 valence electrons. The highest BCUT2D eigenvalue weighted by atomic mass is 32.2. The molecule has 0 aliphatic carbocycles. The predicted molar refractivity (Wildman–Crippen MR) is 158 cm³/mol. The average molecular weight is 582 g/mol. The molecule has 1 aliphatic rings. The molecule has 0 fully saturated rings. The summed E-state index contributed by atoms with van der Waals surface area (Å²) in [6.07, 6.45) is 1.64. The summed E-state index contributed by atoms with van der Waals surface area (Å²) in [6, 6.07) is 26.9. The van der Waals surface area contributed by atoms with E-state index >= 15 is 0 Å². The summed E-state index contributed by atoms with van der Waals surface area (Å²) in [7, 11) is 0. The SMILES string of the molecule is O=C(CN1C(=O)CS[C@@H](c2cccc(F)c2)c2c(-c3ccccc3)nn(-c3ccc(F)cc3)c21)NCc1ccccn1. The number of rotatable bonds is 7. The van der Waals surface area contributed by atoms with Gasteiger partial charge in [-0.25, -0.2) is 13.5 Å². The van der Waals surface area contributed by atoms with Crippen molar-refractivity contribution < 1.29 is 18.4 Å². The quantitative estimate of drug-likeness (QED) is 0.267. The van der Waals surface area contributed by atoms with Crippen molar-refractivity contribution in [3.8, 4) is 16.9 Å². The summed E-state index contributed by atoms with van der Waals surface area (Å²) < 4.78 is 30.0. The number of halogens is 2. The van der Waals surface area contributed by atoms with Crippen LogP contribution in [0.1, 0.15) is 22.1 Å². The number of carbonyl (C=O) groups is 2. The fourth-order valence-electron chi connectivity index (χ4n) is 4.91. The topological polar surface area (TPSA) is 80.1 Å². The predicted octanol–water partition coefficient (Wildman–Crippen LogP) is 5.70. The molecular formula is C32H25F2N5O2S. The molecule has 0 unspecified atom stereocenters. The van der Waals surface area contributed by atoms with E-state index in [2.05, 4.69) is 10.3 Å². The Balaban J connectivity index is 1.52. The molecule has 2 aromatic heterocycles. The minimum absolute atomic E-state index is 0.0427. The molecule has 0 saturated carbocycles. The van der Waals surface area contributed by atoms with Gasteiger partial charge in [0.1, 0.15) is 24.0 Å². The molecule has 2 amide bonds. The number of pyridine rings is 1. The summed E-state index contributed by atoms with van der Waals surface area (Å²) in [6.45, 7) is -0.0854. The zero-order valence-corrected chi connectivity index (χ0v) is 23.1. The number of aromatic nitrogens is 3. The Morgan fingerprint density at radius 3 is 2.45 bits per heavy atom. The number of hydrogen-bond acceptors (Lipinski definition) is 5. The molecule has 6 rings (SSSR count). The molecule has 0 saturated heterocycles. The van der Waals surface area contributed by atoms with Crippen molar-refractivity contribution in [2.75, 3.05) is 17.2 Å². The normalized spacial score (nSPS) is 14.8. The lowest BCUT2D eigenvalue weighted by atomic mass is 9.99. The third-order valence-corrected chi connectivity index (χ3v) is 8.11. The molecule has 1 aliphatic heterocycles. The van der Waals surface area contributed by atoms with Gasteiger partial charge in [-0.2, -0.15) is 5.10 Å². The Bertz CT molecular complexity index is 1730. The van der Waals surface area contributed by atoms with Crippen LogP contribution >= 0.6 is 11.8 Å². The number of benzene rings is 3. The van der Waals surface area contributed by atoms with Crippen molar-refractivity contribution in [2.45, 2.75) is 11.8 Å². The summed E-state index contributed by atoms with van der Waals surface area (Å²) >= 11 is 1.34. The summed E-state index contributed by atoms with van der Waals surface area (Å²) in [5.41, 5.74) is 3.86. The van der Waals surface area contributed by atoms with Gasteiger partial charge in [-0.05, 0) is 54.1 Å². The molecule has 3 heterocycles. The fraction of sp³-hybridized carbons (Fsp3) is 0.125. The van der Waals surface area contributed by atoms with Crippen LogP contribution in [0.2, 0.25) is 0 Å². The number of amides is 2. The zero-order chi connectivity index (χ0) is 29.1. The van der Waals surface area contributed by atoms with E-state index in [4.69, 9.17) is 5.10 Å². The van der Waals surface area contributed by atoms with Crippen molar-refractivity contribution >= 4 is 29.4 Å². The highest BCUT2D eigenvalue weighted by Crippen LogP contribution is 2.48. The van der Waals surface area contributed by atoms with Gasteiger partial charge in [0.2, 0.25) is 11.8 Å². The molecule has 5 aromatic rings. The Kier molecular flexibility index (Phi) is 7.78. The lowest BCUT2D eigenvalue weighted by Crippen LogP contribution is -2.42. The number of hydrogen-bond donors (Lipinski definition) is 1. The van der Waals surface area contributed by atoms with Crippen LogP contribution in [0.15, 0.2) is 103 Å². The van der Waals surface area contributed by atoms with E-state index in [1.54, 1.807) is 41.2 Å². The van der Waals surface area contributed by atoms with E-state index in [0.717, 1.165) is 5.56 Å². The monoisotopic (exact) mass is 581 g/mol. The number of fused-ring (bicyclic) bond motifs is 1. The Labute approximate surface area is 245 Å². The minimum Gasteiger partial charge on any atom is -0.349 e. The van der Waals surface area contributed by atoms with E-state index in [9.17, 15) is 18.4 Å². The van der Waals surface area contributed by atoms with Crippen molar-refractivity contribution in [3.63, 3.8) is 0 Å². The number of nitrogens with zero attached hydrogens (tertiary/aromatic N) is 4. The molecule has 1 atom stereocenters. The number of nitrogens with one attached hydrogen (secondary N) is 1. The molecule has 3 aromatic carbocycles. The van der Waals surface area contributed by atoms with Gasteiger partial charge < -0.3 is 5.32 Å². The van der Waals surface area contributed by atoms with Gasteiger partial charge in [0.15, 0.2) is 0 Å². The van der Waals surface area contributed by atoms with E-state index in [-0.39, 0.29) is 30.7 Å². The van der Waals surface area contributed by atoms with E-state index < -0.39 is 16.9 Å². The zero-order valence-electron chi connectivity index (χ0n) is 22.3. The molecule has 42 heavy (non-hydrogen) atoms. The van der Waals surface area contributed by atoms with E-state index in [1.807, 2.05) is 42.5 Å². The van der Waals surface area contributed by atoms with Gasteiger partial charge in [-0.15, -0.1) is 11.8 Å².